The number of hydrogen-bond donors (Lipinski definition) is 2. The number of benzene rings is 1. The predicted molar refractivity (Wildman–Crippen MR) is 93.9 cm³/mol. The molecule has 1 fully saturated rings. The molecule has 3 atom stereocenters. The van der Waals surface area contributed by atoms with E-state index in [1.807, 2.05) is 0 Å². The summed E-state index contributed by atoms with van der Waals surface area (Å²) in [5.41, 5.74) is -0.516. The highest BCUT2D eigenvalue weighted by Crippen LogP contribution is 2.40. The highest BCUT2D eigenvalue weighted by Gasteiger charge is 2.45. The van der Waals surface area contributed by atoms with Gasteiger partial charge in [-0.05, 0) is 30.6 Å². The van der Waals surface area contributed by atoms with Crippen LogP contribution in [0.15, 0.2) is 29.6 Å². The van der Waals surface area contributed by atoms with Gasteiger partial charge in [0.05, 0.1) is 17.2 Å². The Bertz CT molecular complexity index is 896. The lowest BCUT2D eigenvalue weighted by Gasteiger charge is -2.21. The minimum atomic E-state index is -2.62. The molecule has 0 bridgehead atoms. The summed E-state index contributed by atoms with van der Waals surface area (Å²) in [7, 11) is 1.61. The molecule has 0 radical (unpaired) electrons. The number of hydrogen-bond acceptors (Lipinski definition) is 5. The van der Waals surface area contributed by atoms with Crippen molar-refractivity contribution in [2.24, 2.45) is 5.92 Å². The molecule has 3 rings (SSSR count). The number of aliphatic hydroxyl groups excluding tert-OH is 1. The Morgan fingerprint density at radius 1 is 1.48 bits per heavy atom. The van der Waals surface area contributed by atoms with E-state index >= 15 is 0 Å². The summed E-state index contributed by atoms with van der Waals surface area (Å²) in [5.74, 6) is -2.98. The number of carbonyl (C=O) groups is 1. The standard InChI is InChI=1S/C18H16F3N3O2S/c1-24-7-11(13-5-10(8-27-13)16(20)21)14(18(24)26)17(25)23-12-4-2-3-9(6-22)15(12)19/h2-5,8,11,14,16,18,26H,7H2,1H3,(H,23,25)/t11-,14+,18?/m1/s1. The molecule has 2 N–H and O–H groups in total. The molecule has 0 aliphatic carbocycles. The number of carbonyl (C=O) groups excluding carboxylic acids is 1. The van der Waals surface area contributed by atoms with Crippen molar-refractivity contribution < 1.29 is 23.1 Å². The lowest BCUT2D eigenvalue weighted by atomic mass is 9.92. The van der Waals surface area contributed by atoms with Gasteiger partial charge in [0.2, 0.25) is 5.91 Å². The van der Waals surface area contributed by atoms with Gasteiger partial charge in [0.1, 0.15) is 12.3 Å². The maximum Gasteiger partial charge on any atom is 0.264 e. The number of likely N-dealkylation sites (tertiary alicyclic amines) is 1. The summed E-state index contributed by atoms with van der Waals surface area (Å²) >= 11 is 1.10. The first-order valence-corrected chi connectivity index (χ1v) is 8.95. The lowest BCUT2D eigenvalue weighted by Crippen LogP contribution is -2.36. The minimum absolute atomic E-state index is 0.133. The number of rotatable bonds is 4. The van der Waals surface area contributed by atoms with E-state index in [0.717, 1.165) is 11.3 Å². The Kier molecular flexibility index (Phi) is 5.51. The Balaban J connectivity index is 1.87. The van der Waals surface area contributed by atoms with E-state index in [-0.39, 0.29) is 16.8 Å². The zero-order chi connectivity index (χ0) is 19.7. The summed E-state index contributed by atoms with van der Waals surface area (Å²) in [4.78, 5) is 14.9. The molecule has 9 heteroatoms. The summed E-state index contributed by atoms with van der Waals surface area (Å²) in [6, 6.07) is 7.05. The molecule has 0 spiro atoms. The maximum atomic E-state index is 14.2. The first kappa shape index (κ1) is 19.4. The number of nitriles is 1. The van der Waals surface area contributed by atoms with E-state index in [2.05, 4.69) is 5.32 Å². The van der Waals surface area contributed by atoms with E-state index in [0.29, 0.717) is 11.4 Å². The predicted octanol–water partition coefficient (Wildman–Crippen LogP) is 3.30. The Morgan fingerprint density at radius 3 is 2.85 bits per heavy atom. The van der Waals surface area contributed by atoms with Gasteiger partial charge in [0.15, 0.2) is 5.82 Å². The van der Waals surface area contributed by atoms with Crippen LogP contribution in [0.25, 0.3) is 0 Å². The molecule has 1 unspecified atom stereocenters. The number of nitrogens with zero attached hydrogens (tertiary/aromatic N) is 2. The van der Waals surface area contributed by atoms with Gasteiger partial charge in [-0.1, -0.05) is 6.07 Å². The van der Waals surface area contributed by atoms with Crippen LogP contribution in [-0.2, 0) is 4.79 Å². The molecular formula is C18H16F3N3O2S. The molecule has 2 heterocycles. The van der Waals surface area contributed by atoms with E-state index in [1.54, 1.807) is 18.0 Å². The maximum absolute atomic E-state index is 14.2. The summed E-state index contributed by atoms with van der Waals surface area (Å²) in [5, 5.41) is 23.0. The fraction of sp³-hybridized carbons (Fsp3) is 0.333. The molecule has 1 amide bonds. The van der Waals surface area contributed by atoms with Crippen molar-refractivity contribution in [2.45, 2.75) is 18.6 Å². The SMILES string of the molecule is CN1C[C@H](c2cc(C(F)F)cs2)[C@@H](C(=O)Nc2cccc(C#N)c2F)C1O. The fourth-order valence-electron chi connectivity index (χ4n) is 3.21. The van der Waals surface area contributed by atoms with Gasteiger partial charge in [-0.2, -0.15) is 5.26 Å². The molecule has 1 aliphatic heterocycles. The molecule has 1 saturated heterocycles. The Hall–Kier alpha value is -2.41. The Labute approximate surface area is 157 Å². The number of alkyl halides is 2. The van der Waals surface area contributed by atoms with Gasteiger partial charge in [-0.15, -0.1) is 11.3 Å². The van der Waals surface area contributed by atoms with Crippen molar-refractivity contribution in [1.29, 1.82) is 5.26 Å². The first-order chi connectivity index (χ1) is 12.8. The molecule has 27 heavy (non-hydrogen) atoms. The third-order valence-corrected chi connectivity index (χ3v) is 5.71. The van der Waals surface area contributed by atoms with Crippen LogP contribution < -0.4 is 5.32 Å². The fourth-order valence-corrected chi connectivity index (χ4v) is 4.25. The monoisotopic (exact) mass is 395 g/mol. The van der Waals surface area contributed by atoms with E-state index < -0.39 is 36.2 Å². The number of anilines is 1. The van der Waals surface area contributed by atoms with Crippen molar-refractivity contribution in [3.63, 3.8) is 0 Å². The van der Waals surface area contributed by atoms with Crippen molar-refractivity contribution in [3.05, 3.63) is 51.5 Å². The van der Waals surface area contributed by atoms with Crippen molar-refractivity contribution >= 4 is 22.9 Å². The van der Waals surface area contributed by atoms with Gasteiger partial charge in [-0.25, -0.2) is 13.2 Å². The number of amides is 1. The van der Waals surface area contributed by atoms with Crippen LogP contribution >= 0.6 is 11.3 Å². The summed E-state index contributed by atoms with van der Waals surface area (Å²) in [6.45, 7) is 0.295. The normalized spacial score (nSPS) is 22.8. The number of nitrogens with one attached hydrogen (secondary N) is 1. The van der Waals surface area contributed by atoms with Crippen LogP contribution in [0.1, 0.15) is 28.3 Å². The van der Waals surface area contributed by atoms with Crippen molar-refractivity contribution in [1.82, 2.24) is 4.90 Å². The second kappa shape index (κ2) is 7.68. The molecular weight excluding hydrogens is 379 g/mol. The number of halogens is 3. The Morgan fingerprint density at radius 2 is 2.22 bits per heavy atom. The lowest BCUT2D eigenvalue weighted by molar-refractivity contribution is -0.124. The second-order valence-corrected chi connectivity index (χ2v) is 7.28. The van der Waals surface area contributed by atoms with Crippen molar-refractivity contribution in [3.8, 4) is 6.07 Å². The molecule has 142 valence electrons. The molecule has 1 aromatic heterocycles. The summed E-state index contributed by atoms with van der Waals surface area (Å²) < 4.78 is 40.0. The van der Waals surface area contributed by atoms with Crippen LogP contribution in [0.2, 0.25) is 0 Å². The highest BCUT2D eigenvalue weighted by atomic mass is 32.1. The third kappa shape index (κ3) is 3.69. The topological polar surface area (TPSA) is 76.4 Å². The minimum Gasteiger partial charge on any atom is -0.378 e. The molecule has 1 aliphatic rings. The van der Waals surface area contributed by atoms with E-state index in [1.165, 1.54) is 29.6 Å². The van der Waals surface area contributed by atoms with E-state index in [4.69, 9.17) is 5.26 Å². The van der Waals surface area contributed by atoms with Crippen LogP contribution in [0.3, 0.4) is 0 Å². The quantitative estimate of drug-likeness (QED) is 0.833. The number of aliphatic hydroxyl groups is 1. The third-order valence-electron chi connectivity index (χ3n) is 4.63. The second-order valence-electron chi connectivity index (χ2n) is 6.34. The number of thiophene rings is 1. The van der Waals surface area contributed by atoms with Gasteiger partial charge >= 0.3 is 0 Å². The van der Waals surface area contributed by atoms with Gasteiger partial charge in [-0.3, -0.25) is 9.69 Å². The zero-order valence-electron chi connectivity index (χ0n) is 14.2. The van der Waals surface area contributed by atoms with Gasteiger partial charge in [0.25, 0.3) is 6.43 Å². The molecule has 5 nitrogen and oxygen atoms in total. The van der Waals surface area contributed by atoms with E-state index in [9.17, 15) is 23.1 Å². The molecule has 0 saturated carbocycles. The average molecular weight is 395 g/mol. The van der Waals surface area contributed by atoms with Crippen LogP contribution in [0, 0.1) is 23.1 Å². The van der Waals surface area contributed by atoms with Gasteiger partial charge in [0, 0.05) is 22.9 Å². The van der Waals surface area contributed by atoms with Crippen LogP contribution in [0.4, 0.5) is 18.9 Å². The molecule has 2 aromatic rings. The van der Waals surface area contributed by atoms with Crippen molar-refractivity contribution in [2.75, 3.05) is 18.9 Å². The van der Waals surface area contributed by atoms with Crippen LogP contribution in [0.5, 0.6) is 0 Å². The van der Waals surface area contributed by atoms with Crippen LogP contribution in [-0.4, -0.2) is 35.7 Å². The zero-order valence-corrected chi connectivity index (χ0v) is 15.0. The largest absolute Gasteiger partial charge is 0.378 e. The van der Waals surface area contributed by atoms with Gasteiger partial charge < -0.3 is 10.4 Å². The average Bonchev–Trinajstić information content (AvgIpc) is 3.22. The molecule has 1 aromatic carbocycles. The first-order valence-electron chi connectivity index (χ1n) is 8.07. The smallest absolute Gasteiger partial charge is 0.264 e. The summed E-state index contributed by atoms with van der Waals surface area (Å²) in [6.07, 6.45) is -3.76. The number of likely N-dealkylation sites (N-methyl/N-ethyl adjacent to an activating group) is 1. The highest BCUT2D eigenvalue weighted by molar-refractivity contribution is 7.10.